The highest BCUT2D eigenvalue weighted by atomic mass is 32.2. The molecule has 50 heavy (non-hydrogen) atoms. The van der Waals surface area contributed by atoms with Crippen molar-refractivity contribution in [2.75, 3.05) is 95.5 Å². The normalized spacial score (nSPS) is 15.8. The third-order valence-corrected chi connectivity index (χ3v) is 10.1. The van der Waals surface area contributed by atoms with Crippen LogP contribution in [0.15, 0.2) is 11.0 Å². The molecule has 0 aliphatic heterocycles. The molecular weight excluding hydrogens is 699 g/mol. The minimum Gasteiger partial charge on any atom is -0.377 e. The summed E-state index contributed by atoms with van der Waals surface area (Å²) in [5.74, 6) is 0.0407. The summed E-state index contributed by atoms with van der Waals surface area (Å²) in [5.41, 5.74) is 0. The first kappa shape index (κ1) is 46.1. The third-order valence-electron chi connectivity index (χ3n) is 7.81. The SMILES string of the molecule is CSCC(=O)NCCN(CCNC(=O)CSC)C(=O)CNC(=O)COCCOCCNC(=O)CS/C1=C/CCCCCCCCCCCCC1. The molecular formula is C35H63N5O7S3. The summed E-state index contributed by atoms with van der Waals surface area (Å²) in [6, 6.07) is 0. The lowest BCUT2D eigenvalue weighted by Crippen LogP contribution is -2.47. The van der Waals surface area contributed by atoms with Crippen LogP contribution in [-0.4, -0.2) is 130 Å². The number of ether oxygens (including phenoxy) is 2. The van der Waals surface area contributed by atoms with Crippen LogP contribution in [0.5, 0.6) is 0 Å². The number of carbonyl (C=O) groups excluding carboxylic acids is 5. The van der Waals surface area contributed by atoms with E-state index in [0.717, 1.165) is 12.8 Å². The van der Waals surface area contributed by atoms with E-state index in [0.29, 0.717) is 30.4 Å². The Hall–Kier alpha value is -1.94. The highest BCUT2D eigenvalue weighted by Gasteiger charge is 2.15. The van der Waals surface area contributed by atoms with E-state index in [4.69, 9.17) is 9.47 Å². The van der Waals surface area contributed by atoms with E-state index < -0.39 is 5.91 Å². The molecule has 12 nitrogen and oxygen atoms in total. The molecule has 0 saturated heterocycles. The number of rotatable bonds is 23. The van der Waals surface area contributed by atoms with E-state index in [2.05, 4.69) is 27.3 Å². The van der Waals surface area contributed by atoms with Crippen LogP contribution in [0.1, 0.15) is 83.5 Å². The van der Waals surface area contributed by atoms with E-state index in [9.17, 15) is 24.0 Å². The molecule has 0 aromatic carbocycles. The van der Waals surface area contributed by atoms with Crippen molar-refractivity contribution < 1.29 is 33.4 Å². The molecule has 288 valence electrons. The Bertz CT molecular complexity index is 966. The minimum absolute atomic E-state index is 0.00267. The molecule has 0 fully saturated rings. The summed E-state index contributed by atoms with van der Waals surface area (Å²) < 4.78 is 10.9. The topological polar surface area (TPSA) is 155 Å². The van der Waals surface area contributed by atoms with Gasteiger partial charge in [0.2, 0.25) is 29.5 Å². The zero-order valence-corrected chi connectivity index (χ0v) is 32.9. The molecule has 0 radical (unpaired) electrons. The second kappa shape index (κ2) is 32.9. The quantitative estimate of drug-likeness (QED) is 0.113. The Morgan fingerprint density at radius 1 is 0.620 bits per heavy atom. The van der Waals surface area contributed by atoms with Crippen molar-refractivity contribution in [3.8, 4) is 0 Å². The number of carbonyl (C=O) groups is 5. The van der Waals surface area contributed by atoms with Gasteiger partial charge in [0.05, 0.1) is 43.6 Å². The van der Waals surface area contributed by atoms with Crippen molar-refractivity contribution in [1.82, 2.24) is 26.2 Å². The lowest BCUT2D eigenvalue weighted by Gasteiger charge is -2.23. The first-order valence-corrected chi connectivity index (χ1v) is 21.9. The van der Waals surface area contributed by atoms with E-state index in [-0.39, 0.29) is 76.2 Å². The summed E-state index contributed by atoms with van der Waals surface area (Å²) in [6.45, 7) is 1.77. The highest BCUT2D eigenvalue weighted by Crippen LogP contribution is 2.24. The van der Waals surface area contributed by atoms with Gasteiger partial charge in [0.15, 0.2) is 0 Å². The Labute approximate surface area is 313 Å². The largest absolute Gasteiger partial charge is 0.377 e. The third kappa shape index (κ3) is 27.7. The van der Waals surface area contributed by atoms with Crippen LogP contribution in [-0.2, 0) is 33.4 Å². The molecule has 1 aliphatic carbocycles. The molecule has 0 bridgehead atoms. The molecule has 15 heteroatoms. The molecule has 0 unspecified atom stereocenters. The predicted octanol–water partition coefficient (Wildman–Crippen LogP) is 3.74. The van der Waals surface area contributed by atoms with Crippen molar-refractivity contribution in [2.45, 2.75) is 83.5 Å². The first-order chi connectivity index (χ1) is 24.3. The van der Waals surface area contributed by atoms with Crippen LogP contribution >= 0.6 is 35.3 Å². The van der Waals surface area contributed by atoms with Gasteiger partial charge in [0.1, 0.15) is 6.61 Å². The monoisotopic (exact) mass is 761 g/mol. The lowest BCUT2D eigenvalue weighted by molar-refractivity contribution is -0.134. The molecule has 0 aromatic rings. The maximum atomic E-state index is 12.8. The maximum Gasteiger partial charge on any atom is 0.246 e. The summed E-state index contributed by atoms with van der Waals surface area (Å²) in [5, 5.41) is 11.0. The fourth-order valence-electron chi connectivity index (χ4n) is 5.11. The summed E-state index contributed by atoms with van der Waals surface area (Å²) in [7, 11) is 0. The zero-order chi connectivity index (χ0) is 36.5. The van der Waals surface area contributed by atoms with Crippen LogP contribution in [0.25, 0.3) is 0 Å². The van der Waals surface area contributed by atoms with Crippen LogP contribution in [0.3, 0.4) is 0 Å². The van der Waals surface area contributed by atoms with Crippen molar-refractivity contribution in [3.63, 3.8) is 0 Å². The second-order valence-corrected chi connectivity index (χ2v) is 15.0. The smallest absolute Gasteiger partial charge is 0.246 e. The Balaban J connectivity index is 2.22. The molecule has 0 atom stereocenters. The highest BCUT2D eigenvalue weighted by molar-refractivity contribution is 8.03. The van der Waals surface area contributed by atoms with Gasteiger partial charge in [-0.2, -0.15) is 23.5 Å². The van der Waals surface area contributed by atoms with Gasteiger partial charge in [-0.15, -0.1) is 11.8 Å². The maximum absolute atomic E-state index is 12.8. The van der Waals surface area contributed by atoms with Gasteiger partial charge in [-0.25, -0.2) is 0 Å². The molecule has 4 N–H and O–H groups in total. The van der Waals surface area contributed by atoms with Gasteiger partial charge in [0, 0.05) is 32.7 Å². The number of nitrogens with one attached hydrogen (secondary N) is 4. The van der Waals surface area contributed by atoms with Gasteiger partial charge in [-0.1, -0.05) is 63.9 Å². The van der Waals surface area contributed by atoms with E-state index >= 15 is 0 Å². The zero-order valence-electron chi connectivity index (χ0n) is 30.5. The second-order valence-electron chi connectivity index (χ2n) is 12.1. The molecule has 5 amide bonds. The van der Waals surface area contributed by atoms with Crippen molar-refractivity contribution in [2.24, 2.45) is 0 Å². The Morgan fingerprint density at radius 2 is 1.14 bits per heavy atom. The van der Waals surface area contributed by atoms with Gasteiger partial charge in [0.25, 0.3) is 0 Å². The van der Waals surface area contributed by atoms with E-state index in [1.165, 1.54) is 104 Å². The molecule has 0 saturated carbocycles. The number of nitrogens with zero attached hydrogens (tertiary/aromatic N) is 1. The van der Waals surface area contributed by atoms with E-state index in [1.807, 2.05) is 12.5 Å². The summed E-state index contributed by atoms with van der Waals surface area (Å²) in [4.78, 5) is 63.8. The minimum atomic E-state index is -0.442. The molecule has 1 aliphatic rings. The molecule has 0 heterocycles. The van der Waals surface area contributed by atoms with Crippen molar-refractivity contribution >= 4 is 64.8 Å². The fourth-order valence-corrected chi connectivity index (χ4v) is 6.78. The fraction of sp³-hybridized carbons (Fsp3) is 0.800. The summed E-state index contributed by atoms with van der Waals surface area (Å²) >= 11 is 4.47. The first-order valence-electron chi connectivity index (χ1n) is 18.2. The number of hydrogen-bond donors (Lipinski definition) is 4. The number of allylic oxidation sites excluding steroid dienone is 2. The van der Waals surface area contributed by atoms with Gasteiger partial charge in [-0.05, 0) is 43.1 Å². The van der Waals surface area contributed by atoms with Gasteiger partial charge < -0.3 is 35.6 Å². The van der Waals surface area contributed by atoms with E-state index in [1.54, 1.807) is 11.8 Å². The molecule has 0 aromatic heterocycles. The molecule has 1 rings (SSSR count). The Morgan fingerprint density at radius 3 is 1.74 bits per heavy atom. The van der Waals surface area contributed by atoms with Crippen molar-refractivity contribution in [1.29, 1.82) is 0 Å². The lowest BCUT2D eigenvalue weighted by atomic mass is 10.1. The van der Waals surface area contributed by atoms with Crippen LogP contribution < -0.4 is 21.3 Å². The number of thioether (sulfide) groups is 3. The predicted molar refractivity (Wildman–Crippen MR) is 208 cm³/mol. The van der Waals surface area contributed by atoms with Crippen LogP contribution in [0.2, 0.25) is 0 Å². The van der Waals surface area contributed by atoms with Crippen LogP contribution in [0.4, 0.5) is 0 Å². The summed E-state index contributed by atoms with van der Waals surface area (Å²) in [6.07, 6.45) is 22.6. The average Bonchev–Trinajstić information content (AvgIpc) is 3.10. The number of amides is 5. The van der Waals surface area contributed by atoms with Gasteiger partial charge in [-0.3, -0.25) is 24.0 Å². The molecule has 0 spiro atoms. The average molecular weight is 762 g/mol. The number of hydrogen-bond acceptors (Lipinski definition) is 10. The standard InChI is InChI=1S/C35H63N5O7S3/c1-48-27-32(42)36-17-20-40(21-18-37-33(43)28-49-2)35(45)25-39-31(41)26-47-24-23-46-22-19-38-34(44)29-50-30-15-13-11-9-7-5-3-4-6-8-10-12-14-16-30/h15H,3-14,16-29H2,1-2H3,(H,36,42)(H,37,43)(H,38,44)(H,39,41)/b30-15+. The Kier molecular flexibility index (Phi) is 30.4. The van der Waals surface area contributed by atoms with Crippen LogP contribution in [0, 0.1) is 0 Å². The van der Waals surface area contributed by atoms with Gasteiger partial charge >= 0.3 is 0 Å². The van der Waals surface area contributed by atoms with Crippen molar-refractivity contribution in [3.05, 3.63) is 11.0 Å².